The molecule has 8 heteroatoms. The lowest BCUT2D eigenvalue weighted by Gasteiger charge is -2.24. The third-order valence-corrected chi connectivity index (χ3v) is 5.89. The van der Waals surface area contributed by atoms with Crippen LogP contribution in [0, 0.1) is 0 Å². The summed E-state index contributed by atoms with van der Waals surface area (Å²) >= 11 is 0. The van der Waals surface area contributed by atoms with E-state index >= 15 is 0 Å². The molecule has 1 aromatic heterocycles. The summed E-state index contributed by atoms with van der Waals surface area (Å²) in [6.07, 6.45) is 3.08. The van der Waals surface area contributed by atoms with Crippen molar-refractivity contribution in [1.29, 1.82) is 0 Å². The first-order valence-electron chi connectivity index (χ1n) is 11.0. The quantitative estimate of drug-likeness (QED) is 0.660. The number of nitrogens with one attached hydrogen (secondary N) is 1. The van der Waals surface area contributed by atoms with Gasteiger partial charge in [0.1, 0.15) is 12.4 Å². The van der Waals surface area contributed by atoms with Crippen LogP contribution in [0.2, 0.25) is 0 Å². The van der Waals surface area contributed by atoms with E-state index < -0.39 is 0 Å². The highest BCUT2D eigenvalue weighted by Gasteiger charge is 2.22. The maximum atomic E-state index is 6.04. The second kappa shape index (κ2) is 8.37. The standard InChI is InChI=1S/C24H25N3O5/c1-6-28-20-5-3-17(9-23(20)29-7-1)19-13-27-12-18(30-14-24(27)26-19)11-25-10-16-2-4-21-22(8-16)32-15-31-21/h2-5,8-9,13,18,25H,1,6-7,10-12,14-15H2/t18-/m0/s1. The van der Waals surface area contributed by atoms with Gasteiger partial charge in [-0.15, -0.1) is 0 Å². The Labute approximate surface area is 186 Å². The Hall–Kier alpha value is -3.23. The van der Waals surface area contributed by atoms with Crippen LogP contribution in [-0.2, 0) is 24.4 Å². The lowest BCUT2D eigenvalue weighted by Crippen LogP contribution is -2.35. The molecule has 0 amide bonds. The van der Waals surface area contributed by atoms with Crippen molar-refractivity contribution in [3.63, 3.8) is 0 Å². The van der Waals surface area contributed by atoms with Gasteiger partial charge in [0.2, 0.25) is 6.79 Å². The normalized spacial score (nSPS) is 18.8. The highest BCUT2D eigenvalue weighted by Crippen LogP contribution is 2.34. The van der Waals surface area contributed by atoms with Crippen LogP contribution in [0.3, 0.4) is 0 Å². The fourth-order valence-electron chi connectivity index (χ4n) is 4.21. The van der Waals surface area contributed by atoms with Crippen LogP contribution in [0.4, 0.5) is 0 Å². The highest BCUT2D eigenvalue weighted by atomic mass is 16.7. The van der Waals surface area contributed by atoms with Crippen molar-refractivity contribution >= 4 is 0 Å². The molecule has 0 bridgehead atoms. The molecule has 0 radical (unpaired) electrons. The summed E-state index contributed by atoms with van der Waals surface area (Å²) in [5.41, 5.74) is 3.10. The van der Waals surface area contributed by atoms with Gasteiger partial charge in [0.15, 0.2) is 23.0 Å². The number of rotatable bonds is 5. The average molecular weight is 435 g/mol. The first kappa shape index (κ1) is 19.5. The van der Waals surface area contributed by atoms with Gasteiger partial charge >= 0.3 is 0 Å². The second-order valence-electron chi connectivity index (χ2n) is 8.16. The molecule has 0 spiro atoms. The molecule has 0 aliphatic carbocycles. The van der Waals surface area contributed by atoms with E-state index in [1.807, 2.05) is 30.3 Å². The van der Waals surface area contributed by atoms with Crippen molar-refractivity contribution in [2.45, 2.75) is 32.2 Å². The number of benzene rings is 2. The van der Waals surface area contributed by atoms with Crippen LogP contribution in [0.15, 0.2) is 42.6 Å². The van der Waals surface area contributed by atoms with Crippen LogP contribution >= 0.6 is 0 Å². The van der Waals surface area contributed by atoms with Gasteiger partial charge in [0.25, 0.3) is 0 Å². The van der Waals surface area contributed by atoms with E-state index in [0.29, 0.717) is 26.6 Å². The molecule has 0 fully saturated rings. The number of aromatic nitrogens is 2. The van der Waals surface area contributed by atoms with Gasteiger partial charge in [-0.3, -0.25) is 0 Å². The number of hydrogen-bond acceptors (Lipinski definition) is 7. The molecule has 8 nitrogen and oxygen atoms in total. The monoisotopic (exact) mass is 435 g/mol. The number of fused-ring (bicyclic) bond motifs is 3. The molecule has 2 aromatic carbocycles. The van der Waals surface area contributed by atoms with Gasteiger partial charge in [-0.05, 0) is 35.9 Å². The SMILES string of the molecule is c1cc2c(cc1CNC[C@H]1Cn3cc(-c4ccc5c(c4)OCCCO5)nc3CO1)OCO2. The summed E-state index contributed by atoms with van der Waals surface area (Å²) in [4.78, 5) is 4.78. The first-order valence-corrected chi connectivity index (χ1v) is 11.0. The fourth-order valence-corrected chi connectivity index (χ4v) is 4.21. The van der Waals surface area contributed by atoms with Crippen LogP contribution < -0.4 is 24.3 Å². The van der Waals surface area contributed by atoms with Crippen LogP contribution in [0.1, 0.15) is 17.8 Å². The van der Waals surface area contributed by atoms with Crippen molar-refractivity contribution in [2.24, 2.45) is 0 Å². The van der Waals surface area contributed by atoms with Gasteiger partial charge in [-0.2, -0.15) is 0 Å². The molecule has 166 valence electrons. The number of imidazole rings is 1. The van der Waals surface area contributed by atoms with Crippen molar-refractivity contribution in [3.8, 4) is 34.3 Å². The molecule has 1 atom stereocenters. The molecule has 6 rings (SSSR count). The molecular formula is C24H25N3O5. The summed E-state index contributed by atoms with van der Waals surface area (Å²) in [6, 6.07) is 12.0. The Kier molecular flexibility index (Phi) is 5.09. The molecule has 1 N–H and O–H groups in total. The molecule has 3 aliphatic heterocycles. The molecule has 3 aliphatic rings. The van der Waals surface area contributed by atoms with E-state index in [0.717, 1.165) is 71.7 Å². The predicted molar refractivity (Wildman–Crippen MR) is 116 cm³/mol. The number of nitrogens with zero attached hydrogens (tertiary/aromatic N) is 2. The second-order valence-corrected chi connectivity index (χ2v) is 8.16. The van der Waals surface area contributed by atoms with E-state index in [9.17, 15) is 0 Å². The Morgan fingerprint density at radius 1 is 0.938 bits per heavy atom. The number of ether oxygens (including phenoxy) is 5. The van der Waals surface area contributed by atoms with Crippen LogP contribution in [0.25, 0.3) is 11.3 Å². The largest absolute Gasteiger partial charge is 0.490 e. The zero-order chi connectivity index (χ0) is 21.3. The molecule has 32 heavy (non-hydrogen) atoms. The third kappa shape index (κ3) is 3.87. The maximum Gasteiger partial charge on any atom is 0.231 e. The minimum Gasteiger partial charge on any atom is -0.490 e. The van der Waals surface area contributed by atoms with Crippen molar-refractivity contribution in [2.75, 3.05) is 26.6 Å². The van der Waals surface area contributed by atoms with Crippen molar-refractivity contribution in [1.82, 2.24) is 14.9 Å². The molecule has 4 heterocycles. The Morgan fingerprint density at radius 2 is 1.75 bits per heavy atom. The van der Waals surface area contributed by atoms with Crippen LogP contribution in [-0.4, -0.2) is 42.2 Å². The summed E-state index contributed by atoms with van der Waals surface area (Å²) < 4.78 is 30.6. The zero-order valence-corrected chi connectivity index (χ0v) is 17.7. The molecule has 3 aromatic rings. The molecule has 0 saturated heterocycles. The van der Waals surface area contributed by atoms with Gasteiger partial charge in [-0.25, -0.2) is 4.98 Å². The predicted octanol–water partition coefficient (Wildman–Crippen LogP) is 3.13. The maximum absolute atomic E-state index is 6.04. The summed E-state index contributed by atoms with van der Waals surface area (Å²) in [6.45, 7) is 4.42. The lowest BCUT2D eigenvalue weighted by molar-refractivity contribution is 0.00278. The lowest BCUT2D eigenvalue weighted by atomic mass is 10.1. The van der Waals surface area contributed by atoms with Crippen molar-refractivity contribution < 1.29 is 23.7 Å². The molecule has 0 saturated carbocycles. The Bertz CT molecular complexity index is 1130. The highest BCUT2D eigenvalue weighted by molar-refractivity contribution is 5.64. The van der Waals surface area contributed by atoms with E-state index in [2.05, 4.69) is 22.1 Å². The Balaban J connectivity index is 1.09. The summed E-state index contributed by atoms with van der Waals surface area (Å²) in [7, 11) is 0. The van der Waals surface area contributed by atoms with Gasteiger partial charge in [0.05, 0.1) is 31.6 Å². The summed E-state index contributed by atoms with van der Waals surface area (Å²) in [5, 5.41) is 3.49. The Morgan fingerprint density at radius 3 is 2.72 bits per heavy atom. The number of hydrogen-bond donors (Lipinski definition) is 1. The van der Waals surface area contributed by atoms with Gasteiger partial charge in [0, 0.05) is 31.3 Å². The minimum absolute atomic E-state index is 0.0855. The summed E-state index contributed by atoms with van der Waals surface area (Å²) in [5.74, 6) is 4.14. The van der Waals surface area contributed by atoms with Crippen molar-refractivity contribution in [3.05, 3.63) is 54.0 Å². The van der Waals surface area contributed by atoms with E-state index in [4.69, 9.17) is 28.7 Å². The smallest absolute Gasteiger partial charge is 0.231 e. The zero-order valence-electron chi connectivity index (χ0n) is 17.7. The fraction of sp³-hybridized carbons (Fsp3) is 0.375. The van der Waals surface area contributed by atoms with E-state index in [1.54, 1.807) is 0 Å². The van der Waals surface area contributed by atoms with E-state index in [1.165, 1.54) is 0 Å². The van der Waals surface area contributed by atoms with E-state index in [-0.39, 0.29) is 6.10 Å². The minimum atomic E-state index is 0.0855. The van der Waals surface area contributed by atoms with Crippen LogP contribution in [0.5, 0.6) is 23.0 Å². The molecular weight excluding hydrogens is 410 g/mol. The van der Waals surface area contributed by atoms with Gasteiger partial charge < -0.3 is 33.6 Å². The first-order chi connectivity index (χ1) is 15.8. The average Bonchev–Trinajstić information content (AvgIpc) is 3.39. The molecule has 0 unspecified atom stereocenters. The third-order valence-electron chi connectivity index (χ3n) is 5.89. The van der Waals surface area contributed by atoms with Gasteiger partial charge in [-0.1, -0.05) is 6.07 Å². The topological polar surface area (TPSA) is 76.0 Å².